The number of amides is 2. The van der Waals surface area contributed by atoms with E-state index in [9.17, 15) is 19.5 Å². The lowest BCUT2D eigenvalue weighted by molar-refractivity contribution is -0.140. The van der Waals surface area contributed by atoms with Crippen LogP contribution in [0.2, 0.25) is 0 Å². The van der Waals surface area contributed by atoms with Crippen LogP contribution in [0.3, 0.4) is 0 Å². The molecule has 0 aromatic heterocycles. The van der Waals surface area contributed by atoms with Gasteiger partial charge in [-0.3, -0.25) is 4.79 Å². The van der Waals surface area contributed by atoms with Crippen LogP contribution >= 0.6 is 0 Å². The summed E-state index contributed by atoms with van der Waals surface area (Å²) >= 11 is 0. The summed E-state index contributed by atoms with van der Waals surface area (Å²) < 4.78 is 5.49. The Morgan fingerprint density at radius 1 is 1.03 bits per heavy atom. The minimum absolute atomic E-state index is 0.0370. The Morgan fingerprint density at radius 2 is 1.59 bits per heavy atom. The van der Waals surface area contributed by atoms with E-state index < -0.39 is 18.1 Å². The molecule has 1 saturated heterocycles. The molecule has 0 unspecified atom stereocenters. The molecule has 0 spiro atoms. The Balaban J connectivity index is 1.35. The molecule has 2 aromatic rings. The molecule has 32 heavy (non-hydrogen) atoms. The number of carboxylic acid groups (broad SMARTS) is 1. The number of nitrogens with zero attached hydrogens (tertiary/aromatic N) is 1. The van der Waals surface area contributed by atoms with Gasteiger partial charge in [-0.1, -0.05) is 48.5 Å². The van der Waals surface area contributed by atoms with Crippen LogP contribution in [-0.4, -0.2) is 53.7 Å². The van der Waals surface area contributed by atoms with Crippen molar-refractivity contribution in [1.29, 1.82) is 0 Å². The van der Waals surface area contributed by atoms with E-state index in [4.69, 9.17) is 4.74 Å². The zero-order valence-electron chi connectivity index (χ0n) is 18.1. The molecule has 0 saturated carbocycles. The summed E-state index contributed by atoms with van der Waals surface area (Å²) in [5.41, 5.74) is 4.48. The van der Waals surface area contributed by atoms with Crippen LogP contribution in [0.1, 0.15) is 43.2 Å². The van der Waals surface area contributed by atoms with E-state index >= 15 is 0 Å². The number of hydrogen-bond acceptors (Lipinski definition) is 4. The Bertz CT molecular complexity index is 967. The molecule has 1 atom stereocenters. The van der Waals surface area contributed by atoms with E-state index in [1.807, 2.05) is 36.4 Å². The molecule has 1 aliphatic heterocycles. The largest absolute Gasteiger partial charge is 0.480 e. The Kier molecular flexibility index (Phi) is 6.44. The lowest BCUT2D eigenvalue weighted by Crippen LogP contribution is -2.44. The first-order valence-electron chi connectivity index (χ1n) is 11.0. The predicted molar refractivity (Wildman–Crippen MR) is 119 cm³/mol. The van der Waals surface area contributed by atoms with E-state index in [1.54, 1.807) is 11.8 Å². The highest BCUT2D eigenvalue weighted by Gasteiger charge is 2.31. The third kappa shape index (κ3) is 4.61. The van der Waals surface area contributed by atoms with Gasteiger partial charge in [0.05, 0.1) is 0 Å². The standard InChI is InChI=1S/C25H28N2O5/c1-16(28)27-12-10-17(11-13-27)14-23(24(29)30)26-25(31)32-15-22-20-8-4-2-6-18(20)19-7-3-5-9-21(19)22/h2-9,17,22-23H,10-15H2,1H3,(H,26,31)(H,29,30)/t23-/m0/s1. The van der Waals surface area contributed by atoms with Gasteiger partial charge < -0.3 is 20.1 Å². The summed E-state index contributed by atoms with van der Waals surface area (Å²) in [6, 6.07) is 15.1. The number of aliphatic carboxylic acids is 1. The van der Waals surface area contributed by atoms with Gasteiger partial charge in [-0.15, -0.1) is 0 Å². The second-order valence-electron chi connectivity index (χ2n) is 8.55. The molecule has 7 heteroatoms. The highest BCUT2D eigenvalue weighted by molar-refractivity contribution is 5.81. The summed E-state index contributed by atoms with van der Waals surface area (Å²) in [6.07, 6.45) is 1.07. The van der Waals surface area contributed by atoms with Crippen molar-refractivity contribution in [3.8, 4) is 11.1 Å². The van der Waals surface area contributed by atoms with Crippen LogP contribution in [0.5, 0.6) is 0 Å². The smallest absolute Gasteiger partial charge is 0.407 e. The maximum atomic E-state index is 12.5. The van der Waals surface area contributed by atoms with Crippen molar-refractivity contribution >= 4 is 18.0 Å². The highest BCUT2D eigenvalue weighted by atomic mass is 16.5. The molecule has 4 rings (SSSR count). The number of hydrogen-bond donors (Lipinski definition) is 2. The number of benzene rings is 2. The first-order chi connectivity index (χ1) is 15.4. The number of piperidine rings is 1. The van der Waals surface area contributed by atoms with E-state index in [2.05, 4.69) is 17.4 Å². The van der Waals surface area contributed by atoms with Crippen LogP contribution in [0.25, 0.3) is 11.1 Å². The number of ether oxygens (including phenoxy) is 1. The third-order valence-electron chi connectivity index (χ3n) is 6.56. The number of likely N-dealkylation sites (tertiary alicyclic amines) is 1. The maximum absolute atomic E-state index is 12.5. The molecule has 168 valence electrons. The van der Waals surface area contributed by atoms with Crippen LogP contribution < -0.4 is 5.32 Å². The summed E-state index contributed by atoms with van der Waals surface area (Å²) in [6.45, 7) is 2.93. The number of fused-ring (bicyclic) bond motifs is 3. The van der Waals surface area contributed by atoms with Crippen molar-refractivity contribution in [3.05, 3.63) is 59.7 Å². The number of carboxylic acids is 1. The summed E-state index contributed by atoms with van der Waals surface area (Å²) in [4.78, 5) is 37.4. The number of rotatable bonds is 6. The van der Waals surface area contributed by atoms with Crippen LogP contribution in [0, 0.1) is 5.92 Å². The van der Waals surface area contributed by atoms with E-state index in [-0.39, 0.29) is 24.3 Å². The summed E-state index contributed by atoms with van der Waals surface area (Å²) in [7, 11) is 0. The average molecular weight is 437 g/mol. The fraction of sp³-hybridized carbons (Fsp3) is 0.400. The highest BCUT2D eigenvalue weighted by Crippen LogP contribution is 2.44. The second-order valence-corrected chi connectivity index (χ2v) is 8.55. The maximum Gasteiger partial charge on any atom is 0.407 e. The van der Waals surface area contributed by atoms with Crippen molar-refractivity contribution < 1.29 is 24.2 Å². The second kappa shape index (κ2) is 9.42. The zero-order valence-corrected chi connectivity index (χ0v) is 18.1. The number of nitrogens with one attached hydrogen (secondary N) is 1. The monoisotopic (exact) mass is 436 g/mol. The Morgan fingerprint density at radius 3 is 2.12 bits per heavy atom. The van der Waals surface area contributed by atoms with Crippen molar-refractivity contribution in [1.82, 2.24) is 10.2 Å². The van der Waals surface area contributed by atoms with Crippen molar-refractivity contribution in [2.75, 3.05) is 19.7 Å². The molecule has 2 aliphatic rings. The summed E-state index contributed by atoms with van der Waals surface area (Å²) in [5, 5.41) is 12.1. The van der Waals surface area contributed by atoms with Gasteiger partial charge in [0.15, 0.2) is 0 Å². The first-order valence-corrected chi connectivity index (χ1v) is 11.0. The molecule has 1 heterocycles. The number of carbonyl (C=O) groups is 3. The lowest BCUT2D eigenvalue weighted by atomic mass is 9.90. The summed E-state index contributed by atoms with van der Waals surface area (Å²) in [5.74, 6) is -0.976. The van der Waals surface area contributed by atoms with Crippen LogP contribution in [-0.2, 0) is 14.3 Å². The SMILES string of the molecule is CC(=O)N1CCC(C[C@H](NC(=O)OCC2c3ccccc3-c3ccccc32)C(=O)O)CC1. The normalized spacial score (nSPS) is 16.7. The quantitative estimate of drug-likeness (QED) is 0.721. The van der Waals surface area contributed by atoms with Gasteiger partial charge in [-0.2, -0.15) is 0 Å². The number of alkyl carbamates (subject to hydrolysis) is 1. The molecular formula is C25H28N2O5. The van der Waals surface area contributed by atoms with E-state index in [0.29, 0.717) is 19.5 Å². The van der Waals surface area contributed by atoms with Gasteiger partial charge in [-0.25, -0.2) is 9.59 Å². The predicted octanol–water partition coefficient (Wildman–Crippen LogP) is 3.63. The Labute approximate surface area is 187 Å². The minimum atomic E-state index is -1.08. The molecule has 0 bridgehead atoms. The van der Waals surface area contributed by atoms with Crippen molar-refractivity contribution in [2.24, 2.45) is 5.92 Å². The molecule has 2 N–H and O–H groups in total. The molecule has 0 radical (unpaired) electrons. The molecule has 1 fully saturated rings. The van der Waals surface area contributed by atoms with Gasteiger partial charge in [-0.05, 0) is 47.4 Å². The fourth-order valence-corrected chi connectivity index (χ4v) is 4.82. The minimum Gasteiger partial charge on any atom is -0.480 e. The van der Waals surface area contributed by atoms with E-state index in [1.165, 1.54) is 0 Å². The van der Waals surface area contributed by atoms with Gasteiger partial charge >= 0.3 is 12.1 Å². The third-order valence-corrected chi connectivity index (χ3v) is 6.56. The molecule has 1 aliphatic carbocycles. The van der Waals surface area contributed by atoms with Crippen LogP contribution in [0.15, 0.2) is 48.5 Å². The van der Waals surface area contributed by atoms with Gasteiger partial charge in [0.2, 0.25) is 5.91 Å². The van der Waals surface area contributed by atoms with Gasteiger partial charge in [0.1, 0.15) is 12.6 Å². The zero-order chi connectivity index (χ0) is 22.7. The van der Waals surface area contributed by atoms with Crippen molar-refractivity contribution in [3.63, 3.8) is 0 Å². The van der Waals surface area contributed by atoms with Gasteiger partial charge in [0.25, 0.3) is 0 Å². The lowest BCUT2D eigenvalue weighted by Gasteiger charge is -2.32. The van der Waals surface area contributed by atoms with Crippen LogP contribution in [0.4, 0.5) is 4.79 Å². The van der Waals surface area contributed by atoms with Crippen molar-refractivity contribution in [2.45, 2.75) is 38.1 Å². The van der Waals surface area contributed by atoms with E-state index in [0.717, 1.165) is 35.1 Å². The Hall–Kier alpha value is -3.35. The molecule has 2 amide bonds. The van der Waals surface area contributed by atoms with Gasteiger partial charge in [0, 0.05) is 25.9 Å². The topological polar surface area (TPSA) is 95.9 Å². The molecule has 2 aromatic carbocycles. The first kappa shape index (κ1) is 21.9. The average Bonchev–Trinajstić information content (AvgIpc) is 3.11. The number of carbonyl (C=O) groups excluding carboxylic acids is 2. The fourth-order valence-electron chi connectivity index (χ4n) is 4.82. The molecule has 7 nitrogen and oxygen atoms in total. The molecular weight excluding hydrogens is 408 g/mol.